The van der Waals surface area contributed by atoms with Gasteiger partial charge in [0.2, 0.25) is 0 Å². The van der Waals surface area contributed by atoms with Crippen LogP contribution in [0, 0.1) is 0 Å². The first-order valence-electron chi connectivity index (χ1n) is 6.50. The van der Waals surface area contributed by atoms with Gasteiger partial charge in [0.1, 0.15) is 4.21 Å². The molecule has 0 bridgehead atoms. The van der Waals surface area contributed by atoms with Gasteiger partial charge in [-0.2, -0.15) is 4.31 Å². The van der Waals surface area contributed by atoms with Gasteiger partial charge in [0.15, 0.2) is 0 Å². The lowest BCUT2D eigenvalue weighted by Crippen LogP contribution is -2.30. The minimum absolute atomic E-state index is 0.0653. The smallest absolute Gasteiger partial charge is 0.253 e. The predicted molar refractivity (Wildman–Crippen MR) is 81.0 cm³/mol. The number of nitrogens with zero attached hydrogens (tertiary/aromatic N) is 1. The number of hydrogen-bond donors (Lipinski definition) is 1. The highest BCUT2D eigenvalue weighted by Gasteiger charge is 2.36. The summed E-state index contributed by atoms with van der Waals surface area (Å²) in [4.78, 5) is 0. The van der Waals surface area contributed by atoms with Crippen LogP contribution in [0.3, 0.4) is 0 Å². The molecule has 1 unspecified atom stereocenters. The molecule has 2 heterocycles. The van der Waals surface area contributed by atoms with Crippen molar-refractivity contribution in [3.05, 3.63) is 47.3 Å². The van der Waals surface area contributed by atoms with E-state index >= 15 is 0 Å². The molecule has 2 aromatic rings. The second-order valence-corrected chi connectivity index (χ2v) is 7.91. The Hall–Kier alpha value is -1.37. The van der Waals surface area contributed by atoms with Gasteiger partial charge in [0, 0.05) is 17.6 Å². The third kappa shape index (κ3) is 2.34. The summed E-state index contributed by atoms with van der Waals surface area (Å²) < 4.78 is 27.4. The lowest BCUT2D eigenvalue weighted by molar-refractivity contribution is 0.398. The molecule has 0 amide bonds. The van der Waals surface area contributed by atoms with Gasteiger partial charge in [-0.05, 0) is 24.5 Å². The Kier molecular flexibility index (Phi) is 3.54. The zero-order chi connectivity index (χ0) is 14.2. The number of nitrogens with two attached hydrogens (primary N) is 1. The van der Waals surface area contributed by atoms with Gasteiger partial charge in [-0.25, -0.2) is 8.42 Å². The molecule has 6 heteroatoms. The number of benzene rings is 1. The molecular formula is C14H16N2O2S2. The maximum atomic E-state index is 12.7. The Morgan fingerprint density at radius 3 is 2.65 bits per heavy atom. The summed E-state index contributed by atoms with van der Waals surface area (Å²) in [6, 6.07) is 11.3. The van der Waals surface area contributed by atoms with Gasteiger partial charge in [-0.3, -0.25) is 0 Å². The summed E-state index contributed by atoms with van der Waals surface area (Å²) in [5.74, 6) is 0. The summed E-state index contributed by atoms with van der Waals surface area (Å²) in [6.07, 6.45) is 1.75. The average molecular weight is 308 g/mol. The third-order valence-electron chi connectivity index (χ3n) is 3.55. The van der Waals surface area contributed by atoms with Crippen molar-refractivity contribution in [3.8, 4) is 0 Å². The first-order chi connectivity index (χ1) is 9.59. The standard InChI is InChI=1S/C14H16N2O2S2/c15-12-9-14(19-10-12)20(17,18)16-8-4-7-13(16)11-5-2-1-3-6-11/h1-3,5-6,9-10,13H,4,7-8,15H2. The van der Waals surface area contributed by atoms with Gasteiger partial charge < -0.3 is 5.73 Å². The van der Waals surface area contributed by atoms with E-state index in [0.29, 0.717) is 16.4 Å². The second kappa shape index (κ2) is 5.20. The third-order valence-corrected chi connectivity index (χ3v) is 6.89. The molecule has 1 aliphatic rings. The van der Waals surface area contributed by atoms with Crippen LogP contribution in [-0.2, 0) is 10.0 Å². The van der Waals surface area contributed by atoms with Gasteiger partial charge in [0.05, 0.1) is 6.04 Å². The summed E-state index contributed by atoms with van der Waals surface area (Å²) in [6.45, 7) is 0.569. The lowest BCUT2D eigenvalue weighted by atomic mass is 10.1. The Bertz CT molecular complexity index is 695. The zero-order valence-electron chi connectivity index (χ0n) is 10.9. The monoisotopic (exact) mass is 308 g/mol. The van der Waals surface area contributed by atoms with Gasteiger partial charge >= 0.3 is 0 Å². The van der Waals surface area contributed by atoms with E-state index in [0.717, 1.165) is 18.4 Å². The van der Waals surface area contributed by atoms with Crippen molar-refractivity contribution < 1.29 is 8.42 Å². The van der Waals surface area contributed by atoms with Crippen molar-refractivity contribution >= 4 is 27.0 Å². The molecule has 1 aromatic carbocycles. The maximum absolute atomic E-state index is 12.7. The van der Waals surface area contributed by atoms with E-state index < -0.39 is 10.0 Å². The van der Waals surface area contributed by atoms with E-state index in [-0.39, 0.29) is 6.04 Å². The van der Waals surface area contributed by atoms with Crippen LogP contribution < -0.4 is 5.73 Å². The van der Waals surface area contributed by atoms with E-state index in [1.165, 1.54) is 11.3 Å². The summed E-state index contributed by atoms with van der Waals surface area (Å²) >= 11 is 1.19. The van der Waals surface area contributed by atoms with Crippen molar-refractivity contribution in [1.82, 2.24) is 4.31 Å². The fourth-order valence-corrected chi connectivity index (χ4v) is 5.51. The molecule has 0 saturated carbocycles. The van der Waals surface area contributed by atoms with E-state index in [1.807, 2.05) is 30.3 Å². The van der Waals surface area contributed by atoms with Crippen LogP contribution >= 0.6 is 11.3 Å². The number of thiophene rings is 1. The number of rotatable bonds is 3. The normalized spacial score (nSPS) is 20.3. The second-order valence-electron chi connectivity index (χ2n) is 4.88. The van der Waals surface area contributed by atoms with Crippen molar-refractivity contribution in [1.29, 1.82) is 0 Å². The Morgan fingerprint density at radius 2 is 2.00 bits per heavy atom. The van der Waals surface area contributed by atoms with Crippen molar-refractivity contribution in [2.45, 2.75) is 23.1 Å². The molecule has 1 atom stereocenters. The molecule has 2 N–H and O–H groups in total. The molecule has 1 fully saturated rings. The maximum Gasteiger partial charge on any atom is 0.253 e. The molecule has 0 aliphatic carbocycles. The van der Waals surface area contributed by atoms with Crippen LogP contribution in [0.4, 0.5) is 5.69 Å². The summed E-state index contributed by atoms with van der Waals surface area (Å²) in [5, 5.41) is 1.67. The van der Waals surface area contributed by atoms with E-state index in [4.69, 9.17) is 5.73 Å². The average Bonchev–Trinajstić information content (AvgIpc) is 3.08. The minimum Gasteiger partial charge on any atom is -0.398 e. The van der Waals surface area contributed by atoms with E-state index in [1.54, 1.807) is 15.8 Å². The molecule has 4 nitrogen and oxygen atoms in total. The fourth-order valence-electron chi connectivity index (χ4n) is 2.62. The number of nitrogen functional groups attached to an aromatic ring is 1. The highest BCUT2D eigenvalue weighted by Crippen LogP contribution is 2.38. The van der Waals surface area contributed by atoms with E-state index in [2.05, 4.69) is 0 Å². The number of sulfonamides is 1. The van der Waals surface area contributed by atoms with Gasteiger partial charge in [-0.1, -0.05) is 30.3 Å². The first-order valence-corrected chi connectivity index (χ1v) is 8.82. The highest BCUT2D eigenvalue weighted by molar-refractivity contribution is 7.91. The van der Waals surface area contributed by atoms with Crippen LogP contribution in [0.5, 0.6) is 0 Å². The number of hydrogen-bond acceptors (Lipinski definition) is 4. The fraction of sp³-hybridized carbons (Fsp3) is 0.286. The molecule has 3 rings (SSSR count). The van der Waals surface area contributed by atoms with Gasteiger partial charge in [0.25, 0.3) is 10.0 Å². The zero-order valence-corrected chi connectivity index (χ0v) is 12.5. The van der Waals surface area contributed by atoms with Crippen LogP contribution in [0.15, 0.2) is 46.0 Å². The number of anilines is 1. The molecule has 1 aliphatic heterocycles. The van der Waals surface area contributed by atoms with Crippen molar-refractivity contribution in [3.63, 3.8) is 0 Å². The first kappa shape index (κ1) is 13.6. The summed E-state index contributed by atoms with van der Waals surface area (Å²) in [5.41, 5.74) is 7.20. The molecule has 1 saturated heterocycles. The van der Waals surface area contributed by atoms with Crippen LogP contribution in [0.2, 0.25) is 0 Å². The molecule has 20 heavy (non-hydrogen) atoms. The van der Waals surface area contributed by atoms with Crippen molar-refractivity contribution in [2.24, 2.45) is 0 Å². The predicted octanol–water partition coefficient (Wildman–Crippen LogP) is 2.86. The molecule has 1 aromatic heterocycles. The molecule has 0 radical (unpaired) electrons. The highest BCUT2D eigenvalue weighted by atomic mass is 32.2. The van der Waals surface area contributed by atoms with Crippen LogP contribution in [0.1, 0.15) is 24.4 Å². The summed E-state index contributed by atoms with van der Waals surface area (Å²) in [7, 11) is -3.44. The molecule has 0 spiro atoms. The Balaban J connectivity index is 1.97. The molecular weight excluding hydrogens is 292 g/mol. The SMILES string of the molecule is Nc1csc(S(=O)(=O)N2CCCC2c2ccccc2)c1. The van der Waals surface area contributed by atoms with Gasteiger partial charge in [-0.15, -0.1) is 11.3 Å². The van der Waals surface area contributed by atoms with Crippen LogP contribution in [0.25, 0.3) is 0 Å². The van der Waals surface area contributed by atoms with E-state index in [9.17, 15) is 8.42 Å². The largest absolute Gasteiger partial charge is 0.398 e. The van der Waals surface area contributed by atoms with Crippen LogP contribution in [-0.4, -0.2) is 19.3 Å². The topological polar surface area (TPSA) is 63.4 Å². The molecule has 106 valence electrons. The Morgan fingerprint density at radius 1 is 1.25 bits per heavy atom. The quantitative estimate of drug-likeness (QED) is 0.948. The lowest BCUT2D eigenvalue weighted by Gasteiger charge is -2.23. The minimum atomic E-state index is -3.44. The van der Waals surface area contributed by atoms with Crippen molar-refractivity contribution in [2.75, 3.05) is 12.3 Å². The Labute approximate surface area is 122 Å².